The Bertz CT molecular complexity index is 1060. The number of nitrogens with zero attached hydrogens (tertiary/aromatic N) is 3. The van der Waals surface area contributed by atoms with E-state index in [1.807, 2.05) is 19.9 Å². The Morgan fingerprint density at radius 2 is 1.77 bits per heavy atom. The second kappa shape index (κ2) is 9.31. The van der Waals surface area contributed by atoms with E-state index in [4.69, 9.17) is 12.2 Å². The fourth-order valence-corrected chi connectivity index (χ4v) is 4.13. The smallest absolute Gasteiger partial charge is 0.265 e. The van der Waals surface area contributed by atoms with Crippen molar-refractivity contribution in [2.75, 3.05) is 24.5 Å². The Labute approximate surface area is 188 Å². The third-order valence-electron chi connectivity index (χ3n) is 5.50. The van der Waals surface area contributed by atoms with E-state index in [2.05, 4.69) is 59.5 Å². The van der Waals surface area contributed by atoms with E-state index in [0.717, 1.165) is 35.7 Å². The molecule has 1 fully saturated rings. The van der Waals surface area contributed by atoms with Gasteiger partial charge in [0.05, 0.1) is 0 Å². The van der Waals surface area contributed by atoms with Gasteiger partial charge in [0.1, 0.15) is 5.57 Å². The minimum absolute atomic E-state index is 0.0626. The molecule has 0 aliphatic carbocycles. The van der Waals surface area contributed by atoms with Gasteiger partial charge in [-0.25, -0.2) is 0 Å². The van der Waals surface area contributed by atoms with Gasteiger partial charge < -0.3 is 9.47 Å². The molecule has 7 heteroatoms. The largest absolute Gasteiger partial charge is 0.372 e. The average Bonchev–Trinajstić information content (AvgIpc) is 3.03. The van der Waals surface area contributed by atoms with Crippen molar-refractivity contribution in [3.05, 3.63) is 65.5 Å². The van der Waals surface area contributed by atoms with Crippen molar-refractivity contribution in [1.82, 2.24) is 14.8 Å². The summed E-state index contributed by atoms with van der Waals surface area (Å²) in [6.07, 6.45) is 3.21. The average molecular weight is 437 g/mol. The number of rotatable bonds is 7. The van der Waals surface area contributed by atoms with Crippen molar-refractivity contribution in [3.63, 3.8) is 0 Å². The van der Waals surface area contributed by atoms with Crippen molar-refractivity contribution < 1.29 is 9.59 Å². The van der Waals surface area contributed by atoms with E-state index < -0.39 is 11.8 Å². The zero-order valence-corrected chi connectivity index (χ0v) is 19.3. The highest BCUT2D eigenvalue weighted by Gasteiger charge is 2.32. The van der Waals surface area contributed by atoms with Gasteiger partial charge in [-0.3, -0.25) is 19.8 Å². The predicted molar refractivity (Wildman–Crippen MR) is 129 cm³/mol. The molecule has 2 amide bonds. The summed E-state index contributed by atoms with van der Waals surface area (Å²) in [4.78, 5) is 28.9. The first-order chi connectivity index (χ1) is 14.8. The maximum atomic E-state index is 12.8. The Kier molecular flexibility index (Phi) is 6.75. The van der Waals surface area contributed by atoms with Gasteiger partial charge in [-0.05, 0) is 81.9 Å². The summed E-state index contributed by atoms with van der Waals surface area (Å²) in [6, 6.07) is 10.4. The molecule has 0 radical (unpaired) electrons. The molecule has 1 saturated heterocycles. The number of amides is 2. The first kappa shape index (κ1) is 22.5. The van der Waals surface area contributed by atoms with Crippen LogP contribution in [0, 0.1) is 13.8 Å². The van der Waals surface area contributed by atoms with E-state index in [-0.39, 0.29) is 17.2 Å². The Morgan fingerprint density at radius 1 is 1.13 bits per heavy atom. The summed E-state index contributed by atoms with van der Waals surface area (Å²) in [7, 11) is 0. The molecule has 1 aliphatic heterocycles. The van der Waals surface area contributed by atoms with E-state index in [1.54, 1.807) is 12.2 Å². The molecule has 1 aromatic carbocycles. The zero-order chi connectivity index (χ0) is 22.7. The number of carbonyl (C=O) groups is 2. The monoisotopic (exact) mass is 436 g/mol. The molecule has 6 nitrogen and oxygen atoms in total. The van der Waals surface area contributed by atoms with Crippen LogP contribution in [0.15, 0.2) is 48.6 Å². The molecule has 31 heavy (non-hydrogen) atoms. The number of carbonyl (C=O) groups excluding carboxylic acids is 2. The number of aromatic nitrogens is 1. The van der Waals surface area contributed by atoms with Crippen LogP contribution in [0.2, 0.25) is 0 Å². The molecule has 0 saturated carbocycles. The standard InChI is InChI=1S/C24H28N4O2S/c1-6-13-27-23(30)21(22(29)25-24(27)31)15-18-14-16(4)28(17(18)5)20-11-9-19(10-12-20)26(7-2)8-3/h6,9-12,14-15H,1,7-8,13H2,2-5H3,(H,25,29,31)/b21-15+. The number of hydrogen-bond acceptors (Lipinski definition) is 4. The van der Waals surface area contributed by atoms with Crippen molar-refractivity contribution in [2.24, 2.45) is 0 Å². The van der Waals surface area contributed by atoms with E-state index in [1.165, 1.54) is 10.6 Å². The molecule has 1 aliphatic rings. The van der Waals surface area contributed by atoms with E-state index >= 15 is 0 Å². The summed E-state index contributed by atoms with van der Waals surface area (Å²) >= 11 is 5.12. The maximum absolute atomic E-state index is 12.8. The minimum Gasteiger partial charge on any atom is -0.372 e. The number of benzene rings is 1. The molecular weight excluding hydrogens is 408 g/mol. The fraction of sp³-hybridized carbons (Fsp3) is 0.292. The molecule has 0 bridgehead atoms. The van der Waals surface area contributed by atoms with Gasteiger partial charge >= 0.3 is 0 Å². The molecule has 3 rings (SSSR count). The number of nitrogens with one attached hydrogen (secondary N) is 1. The molecule has 1 N–H and O–H groups in total. The van der Waals surface area contributed by atoms with E-state index in [9.17, 15) is 9.59 Å². The van der Waals surface area contributed by atoms with Crippen LogP contribution in [0.5, 0.6) is 0 Å². The molecule has 2 aromatic rings. The summed E-state index contributed by atoms with van der Waals surface area (Å²) in [5, 5.41) is 2.69. The third-order valence-corrected chi connectivity index (χ3v) is 5.83. The van der Waals surface area contributed by atoms with Gasteiger partial charge in [0.15, 0.2) is 5.11 Å². The summed E-state index contributed by atoms with van der Waals surface area (Å²) in [5.74, 6) is -0.897. The van der Waals surface area contributed by atoms with Gasteiger partial charge in [-0.2, -0.15) is 0 Å². The second-order valence-electron chi connectivity index (χ2n) is 7.37. The molecular formula is C24H28N4O2S. The minimum atomic E-state index is -0.483. The highest BCUT2D eigenvalue weighted by atomic mass is 32.1. The first-order valence-electron chi connectivity index (χ1n) is 10.4. The molecule has 162 valence electrons. The lowest BCUT2D eigenvalue weighted by molar-refractivity contribution is -0.128. The number of anilines is 1. The lowest BCUT2D eigenvalue weighted by Gasteiger charge is -2.27. The second-order valence-corrected chi connectivity index (χ2v) is 7.76. The van der Waals surface area contributed by atoms with Gasteiger partial charge in [-0.15, -0.1) is 6.58 Å². The number of thiocarbonyl (C=S) groups is 1. The summed E-state index contributed by atoms with van der Waals surface area (Å²) in [5.41, 5.74) is 5.06. The van der Waals surface area contributed by atoms with Crippen LogP contribution in [0.3, 0.4) is 0 Å². The van der Waals surface area contributed by atoms with Gasteiger partial charge in [0, 0.05) is 42.4 Å². The van der Waals surface area contributed by atoms with Crippen LogP contribution in [0.25, 0.3) is 11.8 Å². The molecule has 0 atom stereocenters. The SMILES string of the molecule is C=CCN1C(=O)/C(=C/c2cc(C)n(-c3ccc(N(CC)CC)cc3)c2C)C(=O)NC1=S. The van der Waals surface area contributed by atoms with Crippen LogP contribution in [0.1, 0.15) is 30.8 Å². The van der Waals surface area contributed by atoms with Crippen LogP contribution in [-0.2, 0) is 9.59 Å². The first-order valence-corrected chi connectivity index (χ1v) is 10.8. The lowest BCUT2D eigenvalue weighted by Crippen LogP contribution is -2.53. The Hall–Kier alpha value is -3.19. The molecule has 2 heterocycles. The highest BCUT2D eigenvalue weighted by molar-refractivity contribution is 7.80. The quantitative estimate of drug-likeness (QED) is 0.311. The fourth-order valence-electron chi connectivity index (χ4n) is 3.88. The number of hydrogen-bond donors (Lipinski definition) is 1. The lowest BCUT2D eigenvalue weighted by atomic mass is 10.1. The third kappa shape index (κ3) is 4.32. The van der Waals surface area contributed by atoms with Crippen LogP contribution in [-0.4, -0.2) is 46.0 Å². The van der Waals surface area contributed by atoms with Gasteiger partial charge in [0.25, 0.3) is 11.8 Å². The Balaban J connectivity index is 1.98. The van der Waals surface area contributed by atoms with Crippen molar-refractivity contribution in [2.45, 2.75) is 27.7 Å². The van der Waals surface area contributed by atoms with Gasteiger partial charge in [-0.1, -0.05) is 6.08 Å². The topological polar surface area (TPSA) is 57.6 Å². The number of aryl methyl sites for hydroxylation is 1. The van der Waals surface area contributed by atoms with Gasteiger partial charge in [0.2, 0.25) is 0 Å². The summed E-state index contributed by atoms with van der Waals surface area (Å²) < 4.78 is 2.12. The molecule has 0 unspecified atom stereocenters. The van der Waals surface area contributed by atoms with Crippen molar-refractivity contribution in [3.8, 4) is 5.69 Å². The summed E-state index contributed by atoms with van der Waals surface area (Å²) in [6.45, 7) is 14.1. The van der Waals surface area contributed by atoms with E-state index in [0.29, 0.717) is 0 Å². The van der Waals surface area contributed by atoms with Crippen molar-refractivity contribution >= 4 is 40.9 Å². The predicted octanol–water partition coefficient (Wildman–Crippen LogP) is 3.75. The Morgan fingerprint density at radius 3 is 2.35 bits per heavy atom. The van der Waals surface area contributed by atoms with Crippen LogP contribution in [0.4, 0.5) is 5.69 Å². The van der Waals surface area contributed by atoms with Crippen LogP contribution >= 0.6 is 12.2 Å². The highest BCUT2D eigenvalue weighted by Crippen LogP contribution is 2.26. The maximum Gasteiger partial charge on any atom is 0.265 e. The normalized spacial score (nSPS) is 15.4. The molecule has 1 aromatic heterocycles. The zero-order valence-electron chi connectivity index (χ0n) is 18.4. The van der Waals surface area contributed by atoms with Crippen LogP contribution < -0.4 is 10.2 Å². The van der Waals surface area contributed by atoms with Crippen molar-refractivity contribution in [1.29, 1.82) is 0 Å². The molecule has 0 spiro atoms.